The first-order valence-electron chi connectivity index (χ1n) is 11.9. The van der Waals surface area contributed by atoms with Crippen molar-refractivity contribution in [2.24, 2.45) is 5.92 Å². The molecule has 0 radical (unpaired) electrons. The van der Waals surface area contributed by atoms with E-state index in [2.05, 4.69) is 29.6 Å². The highest BCUT2D eigenvalue weighted by atomic mass is 35.5. The molecular weight excluding hydrogens is 456 g/mol. The first kappa shape index (κ1) is 21.3. The summed E-state index contributed by atoms with van der Waals surface area (Å²) in [4.78, 5) is 32.6. The standard InChI is InChI=1S/C23H25ClN8O2/c24-16-10-15(11-25-12-16)17-18-19(27-20(26-17)21-29-30-23(33)34-21)28-22(31-8-4-5-9-31)32(18)13-14-6-2-1-3-7-14/h10-12,14H,1-9,13H2,(H,30,33). The Labute approximate surface area is 200 Å². The van der Waals surface area contributed by atoms with E-state index < -0.39 is 5.76 Å². The van der Waals surface area contributed by atoms with Gasteiger partial charge in [-0.1, -0.05) is 30.9 Å². The topological polar surface area (TPSA) is 119 Å². The Morgan fingerprint density at radius 3 is 2.62 bits per heavy atom. The maximum atomic E-state index is 11.6. The van der Waals surface area contributed by atoms with Crippen molar-refractivity contribution in [3.63, 3.8) is 0 Å². The van der Waals surface area contributed by atoms with Gasteiger partial charge in [0.1, 0.15) is 11.2 Å². The molecule has 4 aromatic rings. The van der Waals surface area contributed by atoms with Gasteiger partial charge in [-0.2, -0.15) is 4.98 Å². The molecule has 1 aliphatic heterocycles. The SMILES string of the molecule is O=c1[nH]nc(-c2nc(-c3cncc(Cl)c3)c3c(n2)nc(N2CCCC2)n3CC2CCCCC2)o1. The molecule has 176 valence electrons. The van der Waals surface area contributed by atoms with Crippen LogP contribution < -0.4 is 10.7 Å². The first-order valence-corrected chi connectivity index (χ1v) is 12.2. The van der Waals surface area contributed by atoms with Crippen molar-refractivity contribution in [2.75, 3.05) is 18.0 Å². The molecule has 5 heterocycles. The minimum absolute atomic E-state index is 0.0210. The van der Waals surface area contributed by atoms with Crippen molar-refractivity contribution in [3.8, 4) is 23.0 Å². The van der Waals surface area contributed by atoms with E-state index in [4.69, 9.17) is 26.0 Å². The molecule has 6 rings (SSSR count). The molecule has 1 aliphatic carbocycles. The van der Waals surface area contributed by atoms with Gasteiger partial charge >= 0.3 is 5.76 Å². The van der Waals surface area contributed by atoms with Crippen LogP contribution in [0.25, 0.3) is 34.1 Å². The number of nitrogens with one attached hydrogen (secondary N) is 1. The Balaban J connectivity index is 1.59. The molecule has 0 aromatic carbocycles. The number of halogens is 1. The van der Waals surface area contributed by atoms with Crippen LogP contribution >= 0.6 is 11.6 Å². The van der Waals surface area contributed by atoms with Crippen LogP contribution in [0.1, 0.15) is 44.9 Å². The van der Waals surface area contributed by atoms with E-state index in [1.165, 1.54) is 32.1 Å². The van der Waals surface area contributed by atoms with E-state index in [0.29, 0.717) is 22.3 Å². The Hall–Kier alpha value is -3.27. The van der Waals surface area contributed by atoms with Gasteiger partial charge < -0.3 is 13.9 Å². The van der Waals surface area contributed by atoms with E-state index in [9.17, 15) is 4.79 Å². The maximum absolute atomic E-state index is 11.6. The van der Waals surface area contributed by atoms with E-state index in [1.54, 1.807) is 12.4 Å². The predicted octanol–water partition coefficient (Wildman–Crippen LogP) is 4.07. The largest absolute Gasteiger partial charge is 0.434 e. The molecule has 4 aromatic heterocycles. The fraction of sp³-hybridized carbons (Fsp3) is 0.478. The summed E-state index contributed by atoms with van der Waals surface area (Å²) < 4.78 is 7.45. The highest BCUT2D eigenvalue weighted by Crippen LogP contribution is 2.35. The number of H-pyrrole nitrogens is 1. The minimum atomic E-state index is -0.662. The van der Waals surface area contributed by atoms with Crippen LogP contribution in [-0.2, 0) is 6.54 Å². The maximum Gasteiger partial charge on any atom is 0.434 e. The minimum Gasteiger partial charge on any atom is -0.384 e. The van der Waals surface area contributed by atoms with Gasteiger partial charge in [0, 0.05) is 37.6 Å². The van der Waals surface area contributed by atoms with Gasteiger partial charge in [-0.15, -0.1) is 5.10 Å². The zero-order valence-corrected chi connectivity index (χ0v) is 19.5. The third-order valence-electron chi connectivity index (χ3n) is 6.74. The number of rotatable bonds is 5. The average Bonchev–Trinajstić information content (AvgIpc) is 3.60. The second kappa shape index (κ2) is 8.83. The zero-order chi connectivity index (χ0) is 23.1. The lowest BCUT2D eigenvalue weighted by Gasteiger charge is -2.25. The van der Waals surface area contributed by atoms with Gasteiger partial charge in [0.15, 0.2) is 5.65 Å². The van der Waals surface area contributed by atoms with Crippen LogP contribution in [0.4, 0.5) is 5.95 Å². The number of hydrogen-bond donors (Lipinski definition) is 1. The highest BCUT2D eigenvalue weighted by Gasteiger charge is 2.27. The molecule has 2 aliphatic rings. The lowest BCUT2D eigenvalue weighted by molar-refractivity contribution is 0.322. The van der Waals surface area contributed by atoms with Gasteiger partial charge in [-0.3, -0.25) is 4.98 Å². The Morgan fingerprint density at radius 1 is 1.06 bits per heavy atom. The molecule has 0 amide bonds. The molecule has 34 heavy (non-hydrogen) atoms. The fourth-order valence-corrected chi connectivity index (χ4v) is 5.32. The van der Waals surface area contributed by atoms with Crippen molar-refractivity contribution in [3.05, 3.63) is 34.0 Å². The van der Waals surface area contributed by atoms with Crippen LogP contribution in [0, 0.1) is 5.92 Å². The van der Waals surface area contributed by atoms with E-state index >= 15 is 0 Å². The van der Waals surface area contributed by atoms with E-state index in [1.807, 2.05) is 6.07 Å². The molecule has 0 spiro atoms. The number of anilines is 1. The van der Waals surface area contributed by atoms with E-state index in [0.717, 1.165) is 49.5 Å². The summed E-state index contributed by atoms with van der Waals surface area (Å²) in [7, 11) is 0. The van der Waals surface area contributed by atoms with Crippen molar-refractivity contribution in [1.82, 2.24) is 34.7 Å². The molecular formula is C23H25ClN8O2. The molecule has 0 bridgehead atoms. The fourth-order valence-electron chi connectivity index (χ4n) is 5.15. The lowest BCUT2D eigenvalue weighted by Crippen LogP contribution is -2.24. The van der Waals surface area contributed by atoms with Crippen LogP contribution in [0.15, 0.2) is 27.7 Å². The molecule has 1 saturated heterocycles. The Morgan fingerprint density at radius 2 is 1.88 bits per heavy atom. The number of aromatic nitrogens is 7. The summed E-state index contributed by atoms with van der Waals surface area (Å²) in [6.07, 6.45) is 11.9. The zero-order valence-electron chi connectivity index (χ0n) is 18.7. The third-order valence-corrected chi connectivity index (χ3v) is 6.95. The molecule has 2 fully saturated rings. The van der Waals surface area contributed by atoms with Crippen LogP contribution in [-0.4, -0.2) is 47.8 Å². The number of imidazole rings is 1. The summed E-state index contributed by atoms with van der Waals surface area (Å²) >= 11 is 6.30. The summed E-state index contributed by atoms with van der Waals surface area (Å²) in [5.41, 5.74) is 2.78. The third kappa shape index (κ3) is 3.96. The van der Waals surface area contributed by atoms with Gasteiger partial charge in [0.05, 0.1) is 5.02 Å². The van der Waals surface area contributed by atoms with Crippen LogP contribution in [0.2, 0.25) is 5.02 Å². The van der Waals surface area contributed by atoms with Crippen molar-refractivity contribution >= 4 is 28.7 Å². The molecule has 10 nitrogen and oxygen atoms in total. The van der Waals surface area contributed by atoms with Crippen molar-refractivity contribution < 1.29 is 4.42 Å². The Bertz CT molecular complexity index is 1380. The second-order valence-corrected chi connectivity index (χ2v) is 9.54. The predicted molar refractivity (Wildman–Crippen MR) is 128 cm³/mol. The lowest BCUT2D eigenvalue weighted by atomic mass is 9.89. The van der Waals surface area contributed by atoms with Crippen molar-refractivity contribution in [2.45, 2.75) is 51.5 Å². The Kier molecular flexibility index (Phi) is 5.52. The van der Waals surface area contributed by atoms with Crippen LogP contribution in [0.5, 0.6) is 0 Å². The number of nitrogens with zero attached hydrogens (tertiary/aromatic N) is 7. The number of fused-ring (bicyclic) bond motifs is 1. The second-order valence-electron chi connectivity index (χ2n) is 9.10. The normalized spacial score (nSPS) is 17.1. The summed E-state index contributed by atoms with van der Waals surface area (Å²) in [5.74, 6) is 1.06. The summed E-state index contributed by atoms with van der Waals surface area (Å²) in [6.45, 7) is 2.80. The molecule has 1 N–H and O–H groups in total. The quantitative estimate of drug-likeness (QED) is 0.454. The number of hydrogen-bond acceptors (Lipinski definition) is 8. The van der Waals surface area contributed by atoms with E-state index in [-0.39, 0.29) is 11.7 Å². The first-order chi connectivity index (χ1) is 16.7. The van der Waals surface area contributed by atoms with Crippen LogP contribution in [0.3, 0.4) is 0 Å². The number of aromatic amines is 1. The van der Waals surface area contributed by atoms with Gasteiger partial charge in [0.25, 0.3) is 5.89 Å². The molecule has 0 unspecified atom stereocenters. The molecule has 11 heteroatoms. The monoisotopic (exact) mass is 480 g/mol. The average molecular weight is 481 g/mol. The molecule has 0 atom stereocenters. The van der Waals surface area contributed by atoms with Gasteiger partial charge in [0.2, 0.25) is 11.8 Å². The van der Waals surface area contributed by atoms with Crippen molar-refractivity contribution in [1.29, 1.82) is 0 Å². The molecule has 1 saturated carbocycles. The smallest absolute Gasteiger partial charge is 0.384 e. The van der Waals surface area contributed by atoms with Gasteiger partial charge in [-0.05, 0) is 37.7 Å². The van der Waals surface area contributed by atoms with Gasteiger partial charge in [-0.25, -0.2) is 19.9 Å². The highest BCUT2D eigenvalue weighted by molar-refractivity contribution is 6.30. The number of pyridine rings is 1. The summed E-state index contributed by atoms with van der Waals surface area (Å²) in [6, 6.07) is 1.83. The summed E-state index contributed by atoms with van der Waals surface area (Å²) in [5, 5.41) is 6.72.